The standard InChI is InChI=1S/C12H8Cl3NO/c13-5-8-1-2-9(14)4-12(8)17-11-3-10(15)6-16-7-11/h1-4,6-7H,5H2. The van der Waals surface area contributed by atoms with Crippen LogP contribution in [-0.4, -0.2) is 4.98 Å². The van der Waals surface area contributed by atoms with Gasteiger partial charge in [0.05, 0.1) is 17.1 Å². The predicted octanol–water partition coefficient (Wildman–Crippen LogP) is 4.92. The number of ether oxygens (including phenoxy) is 1. The molecule has 0 saturated heterocycles. The number of hydrogen-bond donors (Lipinski definition) is 0. The third-order valence-electron chi connectivity index (χ3n) is 2.08. The van der Waals surface area contributed by atoms with E-state index in [4.69, 9.17) is 39.5 Å². The Balaban J connectivity index is 2.32. The fourth-order valence-corrected chi connectivity index (χ4v) is 1.86. The van der Waals surface area contributed by atoms with Gasteiger partial charge in [-0.25, -0.2) is 0 Å². The molecule has 0 spiro atoms. The number of hydrogen-bond acceptors (Lipinski definition) is 2. The van der Waals surface area contributed by atoms with E-state index >= 15 is 0 Å². The van der Waals surface area contributed by atoms with Gasteiger partial charge in [-0.05, 0) is 12.1 Å². The summed E-state index contributed by atoms with van der Waals surface area (Å²) in [5.74, 6) is 1.50. The third-order valence-corrected chi connectivity index (χ3v) is 2.81. The predicted molar refractivity (Wildman–Crippen MR) is 70.3 cm³/mol. The highest BCUT2D eigenvalue weighted by molar-refractivity contribution is 6.31. The third kappa shape index (κ3) is 3.25. The first-order chi connectivity index (χ1) is 8.19. The molecule has 0 aliphatic carbocycles. The molecule has 0 radical (unpaired) electrons. The van der Waals surface area contributed by atoms with Crippen LogP contribution in [-0.2, 0) is 5.88 Å². The van der Waals surface area contributed by atoms with Gasteiger partial charge in [0.1, 0.15) is 11.5 Å². The molecule has 0 unspecified atom stereocenters. The van der Waals surface area contributed by atoms with Crippen molar-refractivity contribution in [2.45, 2.75) is 5.88 Å². The van der Waals surface area contributed by atoms with Crippen molar-refractivity contribution in [1.82, 2.24) is 4.98 Å². The zero-order valence-electron chi connectivity index (χ0n) is 8.66. The van der Waals surface area contributed by atoms with Crippen LogP contribution >= 0.6 is 34.8 Å². The Morgan fingerprint density at radius 3 is 2.59 bits per heavy atom. The van der Waals surface area contributed by atoms with E-state index in [0.29, 0.717) is 27.4 Å². The molecule has 2 rings (SSSR count). The molecular weight excluding hydrogens is 280 g/mol. The summed E-state index contributed by atoms with van der Waals surface area (Å²) in [5.41, 5.74) is 0.857. The lowest BCUT2D eigenvalue weighted by Gasteiger charge is -2.09. The van der Waals surface area contributed by atoms with Gasteiger partial charge in [-0.1, -0.05) is 29.3 Å². The van der Waals surface area contributed by atoms with Gasteiger partial charge in [-0.2, -0.15) is 0 Å². The highest BCUT2D eigenvalue weighted by atomic mass is 35.5. The van der Waals surface area contributed by atoms with Crippen LogP contribution < -0.4 is 4.74 Å². The van der Waals surface area contributed by atoms with Gasteiger partial charge in [0, 0.05) is 22.8 Å². The van der Waals surface area contributed by atoms with E-state index in [1.54, 1.807) is 24.4 Å². The SMILES string of the molecule is ClCc1ccc(Cl)cc1Oc1cncc(Cl)c1. The summed E-state index contributed by atoms with van der Waals surface area (Å²) in [5, 5.41) is 1.10. The van der Waals surface area contributed by atoms with Crippen molar-refractivity contribution in [2.24, 2.45) is 0 Å². The molecule has 0 aliphatic rings. The summed E-state index contributed by atoms with van der Waals surface area (Å²) in [4.78, 5) is 3.94. The highest BCUT2D eigenvalue weighted by Crippen LogP contribution is 2.30. The second-order valence-corrected chi connectivity index (χ2v) is 4.47. The van der Waals surface area contributed by atoms with E-state index in [9.17, 15) is 0 Å². The van der Waals surface area contributed by atoms with Crippen molar-refractivity contribution < 1.29 is 4.74 Å². The van der Waals surface area contributed by atoms with Crippen LogP contribution in [0.2, 0.25) is 10.0 Å². The van der Waals surface area contributed by atoms with Crippen LogP contribution in [0.15, 0.2) is 36.7 Å². The number of alkyl halides is 1. The summed E-state index contributed by atoms with van der Waals surface area (Å²) in [6, 6.07) is 6.97. The maximum Gasteiger partial charge on any atom is 0.147 e. The molecule has 1 heterocycles. The topological polar surface area (TPSA) is 22.1 Å². The first kappa shape index (κ1) is 12.5. The molecular formula is C12H8Cl3NO. The minimum Gasteiger partial charge on any atom is -0.455 e. The molecule has 88 valence electrons. The van der Waals surface area contributed by atoms with Crippen LogP contribution in [0.3, 0.4) is 0 Å². The molecule has 2 nitrogen and oxygen atoms in total. The quantitative estimate of drug-likeness (QED) is 0.748. The van der Waals surface area contributed by atoms with E-state index in [-0.39, 0.29) is 0 Å². The molecule has 0 N–H and O–H groups in total. The average molecular weight is 289 g/mol. The van der Waals surface area contributed by atoms with Crippen molar-refractivity contribution in [3.05, 3.63) is 52.3 Å². The number of benzene rings is 1. The average Bonchev–Trinajstić information content (AvgIpc) is 2.29. The molecule has 1 aromatic carbocycles. The Hall–Kier alpha value is -0.960. The van der Waals surface area contributed by atoms with Crippen LogP contribution in [0.1, 0.15) is 5.56 Å². The van der Waals surface area contributed by atoms with E-state index in [2.05, 4.69) is 4.98 Å². The van der Waals surface area contributed by atoms with Crippen LogP contribution in [0, 0.1) is 0 Å². The Kier molecular flexibility index (Phi) is 4.11. The molecule has 0 amide bonds. The van der Waals surface area contributed by atoms with Gasteiger partial charge in [0.15, 0.2) is 0 Å². The molecule has 0 saturated carbocycles. The Labute approximate surface area is 114 Å². The van der Waals surface area contributed by atoms with Gasteiger partial charge in [-0.3, -0.25) is 4.98 Å². The van der Waals surface area contributed by atoms with Crippen molar-refractivity contribution in [3.8, 4) is 11.5 Å². The summed E-state index contributed by atoms with van der Waals surface area (Å²) < 4.78 is 5.65. The summed E-state index contributed by atoms with van der Waals surface area (Å²) in [7, 11) is 0. The van der Waals surface area contributed by atoms with Crippen LogP contribution in [0.25, 0.3) is 0 Å². The Bertz CT molecular complexity index is 531. The monoisotopic (exact) mass is 287 g/mol. The number of rotatable bonds is 3. The smallest absolute Gasteiger partial charge is 0.147 e. The molecule has 2 aromatic rings. The molecule has 5 heteroatoms. The fourth-order valence-electron chi connectivity index (χ4n) is 1.31. The lowest BCUT2D eigenvalue weighted by atomic mass is 10.2. The van der Waals surface area contributed by atoms with Crippen molar-refractivity contribution in [3.63, 3.8) is 0 Å². The minimum atomic E-state index is 0.348. The number of pyridine rings is 1. The van der Waals surface area contributed by atoms with E-state index in [1.807, 2.05) is 6.07 Å². The molecule has 0 atom stereocenters. The van der Waals surface area contributed by atoms with Gasteiger partial charge in [0.25, 0.3) is 0 Å². The first-order valence-corrected chi connectivity index (χ1v) is 6.11. The molecule has 1 aromatic heterocycles. The van der Waals surface area contributed by atoms with E-state index in [1.165, 1.54) is 6.20 Å². The van der Waals surface area contributed by atoms with Gasteiger partial charge >= 0.3 is 0 Å². The molecule has 0 fully saturated rings. The van der Waals surface area contributed by atoms with Crippen molar-refractivity contribution in [1.29, 1.82) is 0 Å². The zero-order valence-corrected chi connectivity index (χ0v) is 10.9. The lowest BCUT2D eigenvalue weighted by Crippen LogP contribution is -1.90. The summed E-state index contributed by atoms with van der Waals surface area (Å²) >= 11 is 17.5. The lowest BCUT2D eigenvalue weighted by molar-refractivity contribution is 0.476. The van der Waals surface area contributed by atoms with E-state index in [0.717, 1.165) is 5.56 Å². The molecule has 0 aliphatic heterocycles. The first-order valence-electron chi connectivity index (χ1n) is 4.82. The second kappa shape index (κ2) is 5.58. The van der Waals surface area contributed by atoms with Gasteiger partial charge in [0.2, 0.25) is 0 Å². The highest BCUT2D eigenvalue weighted by Gasteiger charge is 2.06. The zero-order chi connectivity index (χ0) is 12.3. The number of nitrogens with zero attached hydrogens (tertiary/aromatic N) is 1. The summed E-state index contributed by atoms with van der Waals surface area (Å²) in [6.45, 7) is 0. The fraction of sp³-hybridized carbons (Fsp3) is 0.0833. The van der Waals surface area contributed by atoms with Crippen molar-refractivity contribution >= 4 is 34.8 Å². The maximum atomic E-state index is 5.91. The van der Waals surface area contributed by atoms with E-state index < -0.39 is 0 Å². The number of halogens is 3. The largest absolute Gasteiger partial charge is 0.455 e. The summed E-state index contributed by atoms with van der Waals surface area (Å²) in [6.07, 6.45) is 3.11. The molecule has 17 heavy (non-hydrogen) atoms. The Morgan fingerprint density at radius 2 is 1.88 bits per heavy atom. The van der Waals surface area contributed by atoms with Gasteiger partial charge in [-0.15, -0.1) is 11.6 Å². The van der Waals surface area contributed by atoms with Crippen LogP contribution in [0.5, 0.6) is 11.5 Å². The van der Waals surface area contributed by atoms with Crippen LogP contribution in [0.4, 0.5) is 0 Å². The normalized spacial score (nSPS) is 10.3. The second-order valence-electron chi connectivity index (χ2n) is 3.33. The number of aromatic nitrogens is 1. The van der Waals surface area contributed by atoms with Gasteiger partial charge < -0.3 is 4.74 Å². The Morgan fingerprint density at radius 1 is 1.06 bits per heavy atom. The van der Waals surface area contributed by atoms with Crippen molar-refractivity contribution in [2.75, 3.05) is 0 Å². The maximum absolute atomic E-state index is 5.91. The molecule has 0 bridgehead atoms. The minimum absolute atomic E-state index is 0.348.